The minimum absolute atomic E-state index is 0.0150. The number of aryl methyl sites for hydroxylation is 2. The molecule has 3 aromatic rings. The van der Waals surface area contributed by atoms with E-state index in [-0.39, 0.29) is 29.9 Å². The number of aliphatic hydroxyl groups is 1. The zero-order valence-corrected chi connectivity index (χ0v) is 17.0. The lowest BCUT2D eigenvalue weighted by Gasteiger charge is -2.11. The quantitative estimate of drug-likeness (QED) is 0.462. The zero-order valence-electron chi connectivity index (χ0n) is 17.0. The molecular formula is C25H24N2O3. The molecule has 0 fully saturated rings. The van der Waals surface area contributed by atoms with Crippen LogP contribution in [0.15, 0.2) is 65.6 Å². The molecule has 1 N–H and O–H groups in total. The molecule has 0 bridgehead atoms. The van der Waals surface area contributed by atoms with Crippen molar-refractivity contribution in [2.24, 2.45) is 7.05 Å². The first-order valence-corrected chi connectivity index (χ1v) is 9.96. The van der Waals surface area contributed by atoms with Crippen LogP contribution >= 0.6 is 0 Å². The van der Waals surface area contributed by atoms with Crippen molar-refractivity contribution in [3.05, 3.63) is 93.4 Å². The van der Waals surface area contributed by atoms with Crippen molar-refractivity contribution in [3.63, 3.8) is 0 Å². The SMILES string of the molecule is Cn1cc(CCCCO)cc(C(=O)Cc2cccc(-c3ccccc3)c2C#N)c1=O. The van der Waals surface area contributed by atoms with Crippen LogP contribution in [0.5, 0.6) is 0 Å². The molecule has 0 atom stereocenters. The van der Waals surface area contributed by atoms with Gasteiger partial charge in [0.15, 0.2) is 5.78 Å². The van der Waals surface area contributed by atoms with Gasteiger partial charge in [-0.05, 0) is 47.6 Å². The Bertz CT molecular complexity index is 1140. The molecule has 5 nitrogen and oxygen atoms in total. The number of benzene rings is 2. The Balaban J connectivity index is 1.93. The maximum Gasteiger partial charge on any atom is 0.261 e. The molecule has 0 saturated carbocycles. The van der Waals surface area contributed by atoms with Crippen molar-refractivity contribution < 1.29 is 9.90 Å². The number of aromatic nitrogens is 1. The Morgan fingerprint density at radius 3 is 2.57 bits per heavy atom. The number of unbranched alkanes of at least 4 members (excludes halogenated alkanes) is 1. The minimum Gasteiger partial charge on any atom is -0.396 e. The van der Waals surface area contributed by atoms with Gasteiger partial charge in [-0.25, -0.2) is 0 Å². The highest BCUT2D eigenvalue weighted by Gasteiger charge is 2.17. The van der Waals surface area contributed by atoms with Gasteiger partial charge in [0.1, 0.15) is 6.07 Å². The van der Waals surface area contributed by atoms with Crippen molar-refractivity contribution in [3.8, 4) is 17.2 Å². The van der Waals surface area contributed by atoms with E-state index >= 15 is 0 Å². The molecule has 0 aliphatic heterocycles. The fourth-order valence-corrected chi connectivity index (χ4v) is 3.57. The lowest BCUT2D eigenvalue weighted by atomic mass is 9.92. The van der Waals surface area contributed by atoms with E-state index in [1.54, 1.807) is 25.4 Å². The summed E-state index contributed by atoms with van der Waals surface area (Å²) in [6, 6.07) is 18.9. The van der Waals surface area contributed by atoms with Crippen LogP contribution in [0.3, 0.4) is 0 Å². The Morgan fingerprint density at radius 1 is 1.10 bits per heavy atom. The van der Waals surface area contributed by atoms with Crippen LogP contribution in [0.4, 0.5) is 0 Å². The van der Waals surface area contributed by atoms with Gasteiger partial charge in [-0.15, -0.1) is 0 Å². The molecule has 152 valence electrons. The van der Waals surface area contributed by atoms with E-state index < -0.39 is 0 Å². The average Bonchev–Trinajstić information content (AvgIpc) is 2.76. The smallest absolute Gasteiger partial charge is 0.261 e. The fourth-order valence-electron chi connectivity index (χ4n) is 3.57. The van der Waals surface area contributed by atoms with Crippen molar-refractivity contribution in [1.29, 1.82) is 5.26 Å². The fraction of sp³-hybridized carbons (Fsp3) is 0.240. The molecule has 0 unspecified atom stereocenters. The number of aliphatic hydroxyl groups excluding tert-OH is 1. The van der Waals surface area contributed by atoms with Crippen LogP contribution in [-0.2, 0) is 19.9 Å². The van der Waals surface area contributed by atoms with Gasteiger partial charge in [-0.1, -0.05) is 48.5 Å². The number of hydrogen-bond donors (Lipinski definition) is 1. The largest absolute Gasteiger partial charge is 0.396 e. The van der Waals surface area contributed by atoms with Crippen LogP contribution in [0.2, 0.25) is 0 Å². The number of carbonyl (C=O) groups is 1. The molecule has 0 aliphatic rings. The van der Waals surface area contributed by atoms with Crippen molar-refractivity contribution in [1.82, 2.24) is 4.57 Å². The van der Waals surface area contributed by atoms with Gasteiger partial charge in [0.2, 0.25) is 0 Å². The van der Waals surface area contributed by atoms with Gasteiger partial charge in [0.05, 0.1) is 11.1 Å². The molecule has 30 heavy (non-hydrogen) atoms. The summed E-state index contributed by atoms with van der Waals surface area (Å²) < 4.78 is 1.42. The monoisotopic (exact) mass is 400 g/mol. The van der Waals surface area contributed by atoms with E-state index in [1.165, 1.54) is 4.57 Å². The molecule has 1 heterocycles. The van der Waals surface area contributed by atoms with Gasteiger partial charge in [-0.3, -0.25) is 9.59 Å². The van der Waals surface area contributed by atoms with E-state index in [0.717, 1.165) is 23.1 Å². The second kappa shape index (κ2) is 9.82. The summed E-state index contributed by atoms with van der Waals surface area (Å²) in [5, 5.41) is 18.7. The molecule has 0 aliphatic carbocycles. The number of Topliss-reactive ketones (excluding diaryl/α,β-unsaturated/α-hetero) is 1. The van der Waals surface area contributed by atoms with Gasteiger partial charge in [-0.2, -0.15) is 5.26 Å². The van der Waals surface area contributed by atoms with Crippen molar-refractivity contribution in [2.75, 3.05) is 6.61 Å². The zero-order chi connectivity index (χ0) is 21.5. The number of rotatable bonds is 8. The molecule has 0 spiro atoms. The highest BCUT2D eigenvalue weighted by molar-refractivity contribution is 5.98. The van der Waals surface area contributed by atoms with Crippen LogP contribution in [0, 0.1) is 11.3 Å². The molecule has 2 aromatic carbocycles. The Hall–Kier alpha value is -3.49. The number of ketones is 1. The molecule has 0 saturated heterocycles. The topological polar surface area (TPSA) is 83.1 Å². The maximum absolute atomic E-state index is 13.0. The standard InChI is InChI=1S/C25H24N2O3/c1-27-17-18(8-5-6-13-28)14-22(25(27)30)24(29)15-20-11-7-12-21(23(20)16-26)19-9-3-2-4-10-19/h2-4,7,9-12,14,17,28H,5-6,8,13,15H2,1H3. The summed E-state index contributed by atoms with van der Waals surface area (Å²) in [5.74, 6) is -0.304. The van der Waals surface area contributed by atoms with Crippen molar-refractivity contribution in [2.45, 2.75) is 25.7 Å². The van der Waals surface area contributed by atoms with Crippen LogP contribution in [0.25, 0.3) is 11.1 Å². The number of pyridine rings is 1. The van der Waals surface area contributed by atoms with E-state index in [9.17, 15) is 14.9 Å². The number of hydrogen-bond acceptors (Lipinski definition) is 4. The summed E-state index contributed by atoms with van der Waals surface area (Å²) in [6.07, 6.45) is 3.85. The first-order valence-electron chi connectivity index (χ1n) is 9.96. The van der Waals surface area contributed by atoms with Crippen LogP contribution < -0.4 is 5.56 Å². The Morgan fingerprint density at radius 2 is 1.87 bits per heavy atom. The van der Waals surface area contributed by atoms with Gasteiger partial charge in [0, 0.05) is 26.3 Å². The maximum atomic E-state index is 13.0. The summed E-state index contributed by atoms with van der Waals surface area (Å²) in [5.41, 5.74) is 3.41. The van der Waals surface area contributed by atoms with Gasteiger partial charge >= 0.3 is 0 Å². The predicted molar refractivity (Wildman–Crippen MR) is 116 cm³/mol. The lowest BCUT2D eigenvalue weighted by Crippen LogP contribution is -2.25. The van der Waals surface area contributed by atoms with Crippen molar-refractivity contribution >= 4 is 5.78 Å². The summed E-state index contributed by atoms with van der Waals surface area (Å²) in [4.78, 5) is 25.6. The van der Waals surface area contributed by atoms with Gasteiger partial charge in [0.25, 0.3) is 5.56 Å². The third-order valence-corrected chi connectivity index (χ3v) is 5.11. The number of nitriles is 1. The number of nitrogens with zero attached hydrogens (tertiary/aromatic N) is 2. The van der Waals surface area contributed by atoms with Crippen LogP contribution in [-0.4, -0.2) is 22.1 Å². The molecule has 5 heteroatoms. The van der Waals surface area contributed by atoms with E-state index in [4.69, 9.17) is 5.11 Å². The highest BCUT2D eigenvalue weighted by atomic mass is 16.3. The second-order valence-corrected chi connectivity index (χ2v) is 7.28. The third kappa shape index (κ3) is 4.73. The lowest BCUT2D eigenvalue weighted by molar-refractivity contribution is 0.0991. The highest BCUT2D eigenvalue weighted by Crippen LogP contribution is 2.26. The molecule has 0 radical (unpaired) electrons. The normalized spacial score (nSPS) is 10.6. The Kier molecular flexibility index (Phi) is 6.95. The average molecular weight is 400 g/mol. The first kappa shape index (κ1) is 21.2. The van der Waals surface area contributed by atoms with E-state index in [1.807, 2.05) is 42.5 Å². The van der Waals surface area contributed by atoms with E-state index in [2.05, 4.69) is 6.07 Å². The molecule has 3 rings (SSSR count). The second-order valence-electron chi connectivity index (χ2n) is 7.28. The molecule has 1 aromatic heterocycles. The number of carbonyl (C=O) groups excluding carboxylic acids is 1. The summed E-state index contributed by atoms with van der Waals surface area (Å²) in [7, 11) is 1.63. The molecular weight excluding hydrogens is 376 g/mol. The minimum atomic E-state index is -0.344. The molecule has 0 amide bonds. The predicted octanol–water partition coefficient (Wildman–Crippen LogP) is 3.66. The third-order valence-electron chi connectivity index (χ3n) is 5.11. The van der Waals surface area contributed by atoms with E-state index in [0.29, 0.717) is 24.0 Å². The summed E-state index contributed by atoms with van der Waals surface area (Å²) in [6.45, 7) is 0.117. The first-order chi connectivity index (χ1) is 14.5. The Labute approximate surface area is 175 Å². The summed E-state index contributed by atoms with van der Waals surface area (Å²) >= 11 is 0. The van der Waals surface area contributed by atoms with Crippen LogP contribution in [0.1, 0.15) is 39.9 Å². The van der Waals surface area contributed by atoms with Gasteiger partial charge < -0.3 is 9.67 Å².